The lowest BCUT2D eigenvalue weighted by Crippen LogP contribution is -2.33. The molecule has 4 nitrogen and oxygen atoms in total. The highest BCUT2D eigenvalue weighted by Gasteiger charge is 2.29. The van der Waals surface area contributed by atoms with E-state index in [0.717, 1.165) is 31.5 Å². The highest BCUT2D eigenvalue weighted by molar-refractivity contribution is 7.89. The van der Waals surface area contributed by atoms with Crippen LogP contribution < -0.4 is 10.0 Å². The van der Waals surface area contributed by atoms with Gasteiger partial charge in [0.2, 0.25) is 10.0 Å². The predicted octanol–water partition coefficient (Wildman–Crippen LogP) is 2.07. The van der Waals surface area contributed by atoms with Crippen molar-refractivity contribution in [1.82, 2.24) is 10.0 Å². The molecule has 0 heterocycles. The molecule has 8 heteroatoms. The summed E-state index contributed by atoms with van der Waals surface area (Å²) in [5.74, 6) is 0. The summed E-state index contributed by atoms with van der Waals surface area (Å²) in [6.07, 6.45) is -2.88. The van der Waals surface area contributed by atoms with Crippen molar-refractivity contribution in [3.8, 4) is 0 Å². The first kappa shape index (κ1) is 17.9. The van der Waals surface area contributed by atoms with Crippen molar-refractivity contribution in [2.24, 2.45) is 0 Å². The minimum atomic E-state index is -4.57. The van der Waals surface area contributed by atoms with Crippen molar-refractivity contribution in [3.63, 3.8) is 0 Å². The standard InChI is InChI=1S/C13H19F3N2O2S/c1-2-17-9-3-4-11-5-7-12(8-6-11)21(19,20)18-10-13(14,15)16/h5-8,17-18H,2-4,9-10H2,1H3. The molecular weight excluding hydrogens is 305 g/mol. The molecule has 1 rings (SSSR count). The van der Waals surface area contributed by atoms with Crippen LogP contribution in [0.4, 0.5) is 13.2 Å². The van der Waals surface area contributed by atoms with Gasteiger partial charge < -0.3 is 5.32 Å². The molecule has 0 spiro atoms. The maximum absolute atomic E-state index is 12.0. The lowest BCUT2D eigenvalue weighted by atomic mass is 10.1. The summed E-state index contributed by atoms with van der Waals surface area (Å²) in [7, 11) is -4.12. The molecule has 21 heavy (non-hydrogen) atoms. The van der Waals surface area contributed by atoms with Crippen molar-refractivity contribution in [2.75, 3.05) is 19.6 Å². The first-order valence-electron chi connectivity index (χ1n) is 6.60. The van der Waals surface area contributed by atoms with E-state index in [1.807, 2.05) is 6.92 Å². The Hall–Kier alpha value is -1.12. The average Bonchev–Trinajstić information content (AvgIpc) is 2.41. The van der Waals surface area contributed by atoms with E-state index in [9.17, 15) is 21.6 Å². The summed E-state index contributed by atoms with van der Waals surface area (Å²) >= 11 is 0. The molecule has 0 amide bonds. The SMILES string of the molecule is CCNCCCc1ccc(S(=O)(=O)NCC(F)(F)F)cc1. The lowest BCUT2D eigenvalue weighted by molar-refractivity contribution is -0.121. The molecule has 0 bridgehead atoms. The fourth-order valence-corrected chi connectivity index (χ4v) is 2.70. The van der Waals surface area contributed by atoms with Crippen LogP contribution in [-0.4, -0.2) is 34.2 Å². The number of rotatable bonds is 8. The van der Waals surface area contributed by atoms with E-state index in [2.05, 4.69) is 5.32 Å². The largest absolute Gasteiger partial charge is 0.402 e. The molecule has 1 aromatic carbocycles. The minimum absolute atomic E-state index is 0.165. The second-order valence-electron chi connectivity index (χ2n) is 4.54. The number of hydrogen-bond acceptors (Lipinski definition) is 3. The summed E-state index contributed by atoms with van der Waals surface area (Å²) in [6.45, 7) is 2.19. The van der Waals surface area contributed by atoms with Gasteiger partial charge in [-0.2, -0.15) is 13.2 Å². The van der Waals surface area contributed by atoms with Gasteiger partial charge in [0.1, 0.15) is 6.54 Å². The lowest BCUT2D eigenvalue weighted by Gasteiger charge is -2.10. The number of nitrogens with one attached hydrogen (secondary N) is 2. The normalized spacial score (nSPS) is 12.6. The maximum atomic E-state index is 12.0. The van der Waals surface area contributed by atoms with Gasteiger partial charge in [0, 0.05) is 0 Å². The molecule has 0 aliphatic heterocycles. The van der Waals surface area contributed by atoms with Gasteiger partial charge in [0.05, 0.1) is 4.90 Å². The second-order valence-corrected chi connectivity index (χ2v) is 6.31. The van der Waals surface area contributed by atoms with Crippen LogP contribution in [0.2, 0.25) is 0 Å². The predicted molar refractivity (Wildman–Crippen MR) is 74.6 cm³/mol. The molecule has 0 aliphatic rings. The number of benzene rings is 1. The van der Waals surface area contributed by atoms with Crippen LogP contribution in [0.25, 0.3) is 0 Å². The Kier molecular flexibility index (Phi) is 6.63. The fourth-order valence-electron chi connectivity index (χ4n) is 1.69. The number of alkyl halides is 3. The van der Waals surface area contributed by atoms with Crippen LogP contribution >= 0.6 is 0 Å². The first-order valence-corrected chi connectivity index (χ1v) is 8.09. The van der Waals surface area contributed by atoms with Gasteiger partial charge >= 0.3 is 6.18 Å². The Morgan fingerprint density at radius 1 is 1.14 bits per heavy atom. The average molecular weight is 324 g/mol. The summed E-state index contributed by atoms with van der Waals surface area (Å²) in [4.78, 5) is -0.165. The van der Waals surface area contributed by atoms with E-state index in [4.69, 9.17) is 0 Å². The van der Waals surface area contributed by atoms with Crippen LogP contribution in [0.15, 0.2) is 29.2 Å². The highest BCUT2D eigenvalue weighted by Crippen LogP contribution is 2.16. The molecule has 120 valence electrons. The van der Waals surface area contributed by atoms with Gasteiger partial charge in [-0.1, -0.05) is 19.1 Å². The van der Waals surface area contributed by atoms with Gasteiger partial charge in [0.15, 0.2) is 0 Å². The van der Waals surface area contributed by atoms with Crippen LogP contribution in [0.1, 0.15) is 18.9 Å². The van der Waals surface area contributed by atoms with Crippen molar-refractivity contribution in [3.05, 3.63) is 29.8 Å². The fraction of sp³-hybridized carbons (Fsp3) is 0.538. The molecular formula is C13H19F3N2O2S. The smallest absolute Gasteiger partial charge is 0.317 e. The summed E-state index contributed by atoms with van der Waals surface area (Å²) < 4.78 is 61.0. The van der Waals surface area contributed by atoms with Gasteiger partial charge in [-0.15, -0.1) is 0 Å². The van der Waals surface area contributed by atoms with Crippen LogP contribution in [0.5, 0.6) is 0 Å². The van der Waals surface area contributed by atoms with Crippen molar-refractivity contribution >= 4 is 10.0 Å². The van der Waals surface area contributed by atoms with E-state index in [1.54, 1.807) is 12.1 Å². The summed E-state index contributed by atoms with van der Waals surface area (Å²) in [5.41, 5.74) is 0.947. The van der Waals surface area contributed by atoms with E-state index < -0.39 is 22.7 Å². The minimum Gasteiger partial charge on any atom is -0.317 e. The number of halogens is 3. The molecule has 0 saturated carbocycles. The monoisotopic (exact) mass is 324 g/mol. The van der Waals surface area contributed by atoms with E-state index in [0.29, 0.717) is 0 Å². The molecule has 2 N–H and O–H groups in total. The van der Waals surface area contributed by atoms with Crippen LogP contribution in [0.3, 0.4) is 0 Å². The summed E-state index contributed by atoms with van der Waals surface area (Å²) in [5, 5.41) is 3.17. The van der Waals surface area contributed by atoms with E-state index in [-0.39, 0.29) is 4.90 Å². The Morgan fingerprint density at radius 2 is 1.76 bits per heavy atom. The molecule has 0 unspecified atom stereocenters. The molecule has 0 saturated heterocycles. The third kappa shape index (κ3) is 6.92. The Morgan fingerprint density at radius 3 is 2.29 bits per heavy atom. The van der Waals surface area contributed by atoms with Gasteiger partial charge in [-0.05, 0) is 43.6 Å². The van der Waals surface area contributed by atoms with Crippen molar-refractivity contribution < 1.29 is 21.6 Å². The van der Waals surface area contributed by atoms with Gasteiger partial charge in [-0.3, -0.25) is 0 Å². The Bertz CT molecular complexity index is 527. The topological polar surface area (TPSA) is 58.2 Å². The number of sulfonamides is 1. The maximum Gasteiger partial charge on any atom is 0.402 e. The Labute approximate surface area is 122 Å². The van der Waals surface area contributed by atoms with E-state index in [1.165, 1.54) is 16.9 Å². The van der Waals surface area contributed by atoms with Gasteiger partial charge in [-0.25, -0.2) is 13.1 Å². The van der Waals surface area contributed by atoms with Crippen LogP contribution in [0, 0.1) is 0 Å². The van der Waals surface area contributed by atoms with Gasteiger partial charge in [0.25, 0.3) is 0 Å². The van der Waals surface area contributed by atoms with Crippen molar-refractivity contribution in [1.29, 1.82) is 0 Å². The van der Waals surface area contributed by atoms with E-state index >= 15 is 0 Å². The third-order valence-corrected chi connectivity index (χ3v) is 4.18. The molecule has 0 radical (unpaired) electrons. The van der Waals surface area contributed by atoms with Crippen molar-refractivity contribution in [2.45, 2.75) is 30.8 Å². The second kappa shape index (κ2) is 7.77. The number of aryl methyl sites for hydroxylation is 1. The summed E-state index contributed by atoms with van der Waals surface area (Å²) in [6, 6.07) is 5.88. The molecule has 1 aromatic rings. The molecule has 0 aromatic heterocycles. The quantitative estimate of drug-likeness (QED) is 0.720. The molecule has 0 fully saturated rings. The third-order valence-electron chi connectivity index (χ3n) is 2.77. The zero-order chi connectivity index (χ0) is 15.9. The highest BCUT2D eigenvalue weighted by atomic mass is 32.2. The number of hydrogen-bond donors (Lipinski definition) is 2. The molecule has 0 atom stereocenters. The Balaban J connectivity index is 2.60. The van der Waals surface area contributed by atoms with Crippen LogP contribution in [-0.2, 0) is 16.4 Å². The zero-order valence-corrected chi connectivity index (χ0v) is 12.5. The zero-order valence-electron chi connectivity index (χ0n) is 11.7. The molecule has 0 aliphatic carbocycles. The first-order chi connectivity index (χ1) is 9.74.